The van der Waals surface area contributed by atoms with E-state index < -0.39 is 35.6 Å². The van der Waals surface area contributed by atoms with Crippen LogP contribution in [0.25, 0.3) is 87.2 Å². The Morgan fingerprint density at radius 1 is 0.520 bits per heavy atom. The Labute approximate surface area is 578 Å². The van der Waals surface area contributed by atoms with E-state index in [9.17, 15) is 44.7 Å². The van der Waals surface area contributed by atoms with Crippen molar-refractivity contribution in [2.24, 2.45) is 0 Å². The van der Waals surface area contributed by atoms with Gasteiger partial charge < -0.3 is 47.5 Å². The van der Waals surface area contributed by atoms with E-state index >= 15 is 0 Å². The summed E-state index contributed by atoms with van der Waals surface area (Å²) in [6.07, 6.45) is 6.80. The van der Waals surface area contributed by atoms with Gasteiger partial charge in [-0.2, -0.15) is 45.3 Å². The highest BCUT2D eigenvalue weighted by Gasteiger charge is 2.39. The number of hydrogen-bond donors (Lipinski definition) is 2. The summed E-state index contributed by atoms with van der Waals surface area (Å²) in [4.78, 5) is 49.1. The molecular weight excluding hydrogens is 1330 g/mol. The molecule has 532 valence electrons. The predicted molar refractivity (Wildman–Crippen MR) is 377 cm³/mol. The number of hydrogen-bond acceptors (Lipinski definition) is 12. The van der Waals surface area contributed by atoms with E-state index in [0.29, 0.717) is 72.4 Å². The van der Waals surface area contributed by atoms with Gasteiger partial charge in [0.1, 0.15) is 42.5 Å². The first-order valence-electron chi connectivity index (χ1n) is 33.9. The van der Waals surface area contributed by atoms with Gasteiger partial charge in [-0.05, 0) is 140 Å². The van der Waals surface area contributed by atoms with Crippen LogP contribution in [-0.4, -0.2) is 131 Å². The fraction of sp³-hybridized carbons (Fsp3) is 0.351. The molecule has 10 aromatic heterocycles. The Morgan fingerprint density at radius 2 is 1.01 bits per heavy atom. The molecular formula is C74H76F8N16O4. The molecule has 0 amide bonds. The van der Waals surface area contributed by atoms with E-state index in [1.807, 2.05) is 62.6 Å². The SMILES string of the molecule is CC(CN1CCCCC1)n1c2cc(=O)ccc2c2cc[nH]c(C(F)(F)F)c21.COc1ccc2c3cc(F)nc(C)c3n(CCn3cncn3)c2c1.COc1ccc2c3ccnc(C(F)(F)F)c3n(C(C)CN3CCCCC3)c2c1.Cc1[nH]c(F)cc2c3ccc(=O)cc3n(CCn3cncn3)c12. The maximum Gasteiger partial charge on any atom is 0.435 e. The minimum absolute atomic E-state index is 0.0654. The molecule has 28 heteroatoms. The Hall–Kier alpha value is -10.5. The minimum Gasteiger partial charge on any atom is -0.497 e. The molecule has 4 aromatic carbocycles. The number of aromatic nitrogens is 14. The van der Waals surface area contributed by atoms with Crippen molar-refractivity contribution in [1.82, 2.24) is 77.5 Å². The first-order valence-corrected chi connectivity index (χ1v) is 33.9. The number of alkyl halides is 6. The smallest absolute Gasteiger partial charge is 0.435 e. The normalized spacial score (nSPS) is 14.7. The summed E-state index contributed by atoms with van der Waals surface area (Å²) in [7, 11) is 3.20. The van der Waals surface area contributed by atoms with Crippen molar-refractivity contribution in [2.45, 2.75) is 117 Å². The van der Waals surface area contributed by atoms with Crippen LogP contribution in [-0.2, 0) is 38.5 Å². The Morgan fingerprint density at radius 3 is 1.55 bits per heavy atom. The highest BCUT2D eigenvalue weighted by molar-refractivity contribution is 6.12. The molecule has 102 heavy (non-hydrogen) atoms. The average Bonchev–Trinajstić information content (AvgIpc) is 1.59. The standard InChI is InChI=1S/C21H24F3N3O.C20H22F3N3O.C17H16FN5O.C16H14FN5O/c1-14(13-26-10-4-3-5-11-26)27-18-12-15(28-2)6-7-16(18)17-8-9-25-20(19(17)27)21(22,23)24;1-13(12-25-9-3-2-4-10-25)26-17-11-14(27)5-6-15(17)16-7-8-24-19(18(16)26)20(21,22)23;1-11-17-14(8-16(18)21-11)13-4-3-12(24-2)7-15(13)23(17)6-5-22-10-19-9-20-22;1-10-16-13(7-15(17)20-10)12-3-2-11(23)6-14(12)22(16)5-4-21-9-18-8-19-21/h6-9,12,14H,3-5,10-11,13H2,1-2H3;5-8,11,13,24H,2-4,9-10,12H2,1H3;3-4,7-10H,5-6H2,1-2H3;2-3,6-9,20H,4-5H2,1H3. The molecule has 2 unspecified atom stereocenters. The zero-order chi connectivity index (χ0) is 71.7. The fourth-order valence-corrected chi connectivity index (χ4v) is 14.9. The number of piperidine rings is 2. The highest BCUT2D eigenvalue weighted by atomic mass is 19.4. The third-order valence-corrected chi connectivity index (χ3v) is 19.3. The van der Waals surface area contributed by atoms with Crippen LogP contribution in [0.1, 0.15) is 87.2 Å². The maximum absolute atomic E-state index is 13.8. The second kappa shape index (κ2) is 29.2. The molecule has 0 bridgehead atoms. The third kappa shape index (κ3) is 14.3. The molecule has 0 spiro atoms. The van der Waals surface area contributed by atoms with Gasteiger partial charge in [-0.25, -0.2) is 19.9 Å². The summed E-state index contributed by atoms with van der Waals surface area (Å²) in [5.74, 6) is 0.532. The van der Waals surface area contributed by atoms with Gasteiger partial charge in [0.25, 0.3) is 0 Å². The van der Waals surface area contributed by atoms with Gasteiger partial charge in [0, 0.05) is 136 Å². The van der Waals surface area contributed by atoms with Crippen molar-refractivity contribution < 1.29 is 44.6 Å². The molecule has 0 saturated carbocycles. The van der Waals surface area contributed by atoms with E-state index in [-0.39, 0.29) is 34.0 Å². The van der Waals surface area contributed by atoms with Gasteiger partial charge in [-0.1, -0.05) is 12.8 Å². The quantitative estimate of drug-likeness (QED) is 0.0773. The molecule has 0 radical (unpaired) electrons. The van der Waals surface area contributed by atoms with Crippen LogP contribution >= 0.6 is 0 Å². The lowest BCUT2D eigenvalue weighted by Crippen LogP contribution is -2.34. The van der Waals surface area contributed by atoms with Gasteiger partial charge in [0.2, 0.25) is 5.95 Å². The van der Waals surface area contributed by atoms with Gasteiger partial charge in [-0.15, -0.1) is 0 Å². The summed E-state index contributed by atoms with van der Waals surface area (Å²) < 4.78 is 132. The summed E-state index contributed by atoms with van der Waals surface area (Å²) in [5.41, 5.74) is 4.73. The lowest BCUT2D eigenvalue weighted by molar-refractivity contribution is -0.140. The summed E-state index contributed by atoms with van der Waals surface area (Å²) >= 11 is 0. The van der Waals surface area contributed by atoms with E-state index in [1.54, 1.807) is 81.8 Å². The summed E-state index contributed by atoms with van der Waals surface area (Å²) in [6, 6.07) is 26.6. The zero-order valence-corrected chi connectivity index (χ0v) is 57.1. The van der Waals surface area contributed by atoms with Crippen LogP contribution in [0.5, 0.6) is 11.5 Å². The molecule has 2 fully saturated rings. The van der Waals surface area contributed by atoms with Crippen LogP contribution < -0.4 is 20.3 Å². The van der Waals surface area contributed by atoms with Crippen LogP contribution in [0.15, 0.2) is 144 Å². The second-order valence-electron chi connectivity index (χ2n) is 26.0. The number of halogens is 8. The second-order valence-corrected chi connectivity index (χ2v) is 26.0. The number of ether oxygens (including phenoxy) is 2. The van der Waals surface area contributed by atoms with E-state index in [1.165, 1.54) is 68.2 Å². The summed E-state index contributed by atoms with van der Waals surface area (Å²) in [5, 5.41) is 14.3. The Balaban J connectivity index is 0.000000122. The number of fused-ring (bicyclic) bond motifs is 12. The van der Waals surface area contributed by atoms with Gasteiger partial charge in [0.05, 0.1) is 77.1 Å². The van der Waals surface area contributed by atoms with Gasteiger partial charge >= 0.3 is 12.4 Å². The molecule has 16 rings (SSSR count). The van der Waals surface area contributed by atoms with E-state index in [0.717, 1.165) is 118 Å². The van der Waals surface area contributed by atoms with Crippen molar-refractivity contribution in [3.05, 3.63) is 190 Å². The molecule has 2 aliphatic rings. The summed E-state index contributed by atoms with van der Waals surface area (Å²) in [6.45, 7) is 15.4. The van der Waals surface area contributed by atoms with Gasteiger partial charge in [0.15, 0.2) is 22.5 Å². The van der Waals surface area contributed by atoms with Crippen molar-refractivity contribution in [2.75, 3.05) is 53.5 Å². The van der Waals surface area contributed by atoms with Crippen LogP contribution in [0.3, 0.4) is 0 Å². The van der Waals surface area contributed by atoms with Crippen molar-refractivity contribution in [1.29, 1.82) is 0 Å². The van der Waals surface area contributed by atoms with Crippen molar-refractivity contribution in [3.63, 3.8) is 0 Å². The van der Waals surface area contributed by atoms with E-state index in [2.05, 4.69) is 54.5 Å². The third-order valence-electron chi connectivity index (χ3n) is 19.3. The van der Waals surface area contributed by atoms with Crippen molar-refractivity contribution in [3.8, 4) is 11.5 Å². The van der Waals surface area contributed by atoms with E-state index in [4.69, 9.17) is 9.47 Å². The number of aromatic amines is 2. The molecule has 2 N–H and O–H groups in total. The number of benzene rings is 4. The average molecular weight is 1410 g/mol. The predicted octanol–water partition coefficient (Wildman–Crippen LogP) is 15.0. The fourth-order valence-electron chi connectivity index (χ4n) is 14.9. The lowest BCUT2D eigenvalue weighted by Gasteiger charge is -2.30. The highest BCUT2D eigenvalue weighted by Crippen LogP contribution is 2.43. The number of pyridine rings is 4. The zero-order valence-electron chi connectivity index (χ0n) is 57.1. The van der Waals surface area contributed by atoms with Gasteiger partial charge in [-0.3, -0.25) is 19.0 Å². The maximum atomic E-state index is 13.8. The number of likely N-dealkylation sites (tertiary alicyclic amines) is 2. The Bertz CT molecular complexity index is 5450. The van der Waals surface area contributed by atoms with Crippen molar-refractivity contribution >= 4 is 87.2 Å². The minimum atomic E-state index is -4.51. The van der Waals surface area contributed by atoms with Crippen LogP contribution in [0.2, 0.25) is 0 Å². The number of nitrogens with zero attached hydrogens (tertiary/aromatic N) is 14. The molecule has 2 saturated heterocycles. The van der Waals surface area contributed by atoms with Crippen LogP contribution in [0, 0.1) is 25.7 Å². The molecule has 2 atom stereocenters. The van der Waals surface area contributed by atoms with Crippen LogP contribution in [0.4, 0.5) is 35.1 Å². The Kier molecular flexibility index (Phi) is 20.1. The topological polar surface area (TPSA) is 198 Å². The molecule has 14 aromatic rings. The monoisotopic (exact) mass is 1400 g/mol. The lowest BCUT2D eigenvalue weighted by atomic mass is 10.1. The number of methoxy groups -OCH3 is 2. The largest absolute Gasteiger partial charge is 0.497 e. The first kappa shape index (κ1) is 70.0. The molecule has 0 aliphatic carbocycles. The number of rotatable bonds is 14. The number of aryl methyl sites for hydroxylation is 6. The molecule has 12 heterocycles. The number of H-pyrrole nitrogens is 2. The molecule has 20 nitrogen and oxygen atoms in total. The number of nitrogens with one attached hydrogen (secondary N) is 2. The molecule has 2 aliphatic heterocycles. The first-order chi connectivity index (χ1) is 49.1.